The molecule has 0 saturated heterocycles. The fraction of sp³-hybridized carbons (Fsp3) is 0.375. The van der Waals surface area contributed by atoms with Crippen molar-refractivity contribution in [2.75, 3.05) is 7.11 Å². The molecule has 2 atom stereocenters. The van der Waals surface area contributed by atoms with Gasteiger partial charge in [-0.1, -0.05) is 20.3 Å². The van der Waals surface area contributed by atoms with E-state index in [1.807, 2.05) is 6.92 Å². The van der Waals surface area contributed by atoms with Gasteiger partial charge in [-0.15, -0.1) is 0 Å². The van der Waals surface area contributed by atoms with Gasteiger partial charge in [-0.25, -0.2) is 9.18 Å². The van der Waals surface area contributed by atoms with Crippen molar-refractivity contribution in [2.24, 2.45) is 5.92 Å². The van der Waals surface area contributed by atoms with Crippen LogP contribution in [0.2, 0.25) is 0 Å². The largest absolute Gasteiger partial charge is 0.496 e. The fourth-order valence-electron chi connectivity index (χ4n) is 2.36. The monoisotopic (exact) mass is 322 g/mol. The van der Waals surface area contributed by atoms with Gasteiger partial charge in [0.1, 0.15) is 23.3 Å². The molecule has 1 aromatic heterocycles. The average molecular weight is 322 g/mol. The normalized spacial score (nSPS) is 13.6. The summed E-state index contributed by atoms with van der Waals surface area (Å²) in [6.45, 7) is 3.59. The Morgan fingerprint density at radius 2 is 2.13 bits per heavy atom. The molecule has 7 heteroatoms. The van der Waals surface area contributed by atoms with Crippen LogP contribution in [0.5, 0.6) is 5.75 Å². The Morgan fingerprint density at radius 1 is 1.43 bits per heavy atom. The molecule has 1 heterocycles. The summed E-state index contributed by atoms with van der Waals surface area (Å²) in [5.74, 6) is -2.03. The standard InChI is InChI=1S/C16H19FN2O4/c1-4-8(2)13(16(21)22)19-15(20)11-7-9-12(23-3)6-5-10(17)14(9)18-11/h5-8,13,18H,4H2,1-3H3,(H,19,20)(H,21,22)/t8-,13-/m0/s1. The number of aliphatic carboxylic acids is 1. The smallest absolute Gasteiger partial charge is 0.326 e. The van der Waals surface area contributed by atoms with E-state index in [0.717, 1.165) is 0 Å². The molecule has 1 aromatic carbocycles. The summed E-state index contributed by atoms with van der Waals surface area (Å²) < 4.78 is 19.0. The van der Waals surface area contributed by atoms with Gasteiger partial charge in [0.25, 0.3) is 5.91 Å². The number of aromatic amines is 1. The van der Waals surface area contributed by atoms with E-state index in [0.29, 0.717) is 17.6 Å². The summed E-state index contributed by atoms with van der Waals surface area (Å²) in [6, 6.07) is 3.14. The lowest BCUT2D eigenvalue weighted by Gasteiger charge is -2.19. The number of carboxylic acids is 1. The summed E-state index contributed by atoms with van der Waals surface area (Å²) in [5, 5.41) is 12.1. The highest BCUT2D eigenvalue weighted by Crippen LogP contribution is 2.28. The first-order valence-corrected chi connectivity index (χ1v) is 7.27. The minimum atomic E-state index is -1.10. The second-order valence-corrected chi connectivity index (χ2v) is 5.40. The minimum Gasteiger partial charge on any atom is -0.496 e. The summed E-state index contributed by atoms with van der Waals surface area (Å²) >= 11 is 0. The number of ether oxygens (including phenoxy) is 1. The SMILES string of the molecule is CC[C@H](C)[C@H](NC(=O)c1cc2c(OC)ccc(F)c2[nH]1)C(=O)O. The number of carboxylic acid groups (broad SMARTS) is 1. The number of amides is 1. The van der Waals surface area contributed by atoms with Crippen LogP contribution < -0.4 is 10.1 Å². The number of carbonyl (C=O) groups is 2. The van der Waals surface area contributed by atoms with Crippen molar-refractivity contribution in [3.8, 4) is 5.75 Å². The number of H-pyrrole nitrogens is 1. The van der Waals surface area contributed by atoms with Crippen LogP contribution in [0.15, 0.2) is 18.2 Å². The van der Waals surface area contributed by atoms with Crippen LogP contribution in [0.3, 0.4) is 0 Å². The number of aromatic nitrogens is 1. The molecular weight excluding hydrogens is 303 g/mol. The number of halogens is 1. The Morgan fingerprint density at radius 3 is 2.70 bits per heavy atom. The van der Waals surface area contributed by atoms with E-state index in [1.165, 1.54) is 25.3 Å². The Labute approximate surface area is 132 Å². The number of nitrogens with one attached hydrogen (secondary N) is 2. The maximum Gasteiger partial charge on any atom is 0.326 e. The molecule has 124 valence electrons. The van der Waals surface area contributed by atoms with Crippen LogP contribution in [0, 0.1) is 11.7 Å². The predicted molar refractivity (Wildman–Crippen MR) is 83.2 cm³/mol. The van der Waals surface area contributed by atoms with Gasteiger partial charge < -0.3 is 20.1 Å². The van der Waals surface area contributed by atoms with Crippen molar-refractivity contribution >= 4 is 22.8 Å². The van der Waals surface area contributed by atoms with Crippen molar-refractivity contribution in [3.63, 3.8) is 0 Å². The number of fused-ring (bicyclic) bond motifs is 1. The van der Waals surface area contributed by atoms with Gasteiger partial charge in [0.2, 0.25) is 0 Å². The van der Waals surface area contributed by atoms with Gasteiger partial charge >= 0.3 is 5.97 Å². The average Bonchev–Trinajstić information content (AvgIpc) is 2.98. The first-order chi connectivity index (χ1) is 10.9. The molecule has 0 saturated carbocycles. The van der Waals surface area contributed by atoms with E-state index in [9.17, 15) is 19.1 Å². The number of carbonyl (C=O) groups excluding carboxylic acids is 1. The van der Waals surface area contributed by atoms with Crippen LogP contribution in [0.25, 0.3) is 10.9 Å². The Kier molecular flexibility index (Phi) is 4.88. The van der Waals surface area contributed by atoms with E-state index in [2.05, 4.69) is 10.3 Å². The van der Waals surface area contributed by atoms with Crippen LogP contribution in [0.4, 0.5) is 4.39 Å². The van der Waals surface area contributed by atoms with E-state index >= 15 is 0 Å². The van der Waals surface area contributed by atoms with Crippen molar-refractivity contribution in [2.45, 2.75) is 26.3 Å². The second kappa shape index (κ2) is 6.68. The third-order valence-electron chi connectivity index (χ3n) is 3.93. The molecule has 0 aliphatic rings. The van der Waals surface area contributed by atoms with E-state index in [4.69, 9.17) is 4.74 Å². The molecule has 3 N–H and O–H groups in total. The van der Waals surface area contributed by atoms with Crippen LogP contribution in [-0.4, -0.2) is 35.1 Å². The predicted octanol–water partition coefficient (Wildman–Crippen LogP) is 2.54. The summed E-state index contributed by atoms with van der Waals surface area (Å²) in [7, 11) is 1.45. The van der Waals surface area contributed by atoms with Crippen LogP contribution in [-0.2, 0) is 4.79 Å². The number of methoxy groups -OCH3 is 1. The lowest BCUT2D eigenvalue weighted by molar-refractivity contribution is -0.140. The summed E-state index contributed by atoms with van der Waals surface area (Å²) in [4.78, 5) is 26.3. The Balaban J connectivity index is 2.34. The van der Waals surface area contributed by atoms with Gasteiger partial charge in [0.05, 0.1) is 12.6 Å². The van der Waals surface area contributed by atoms with Crippen molar-refractivity contribution in [1.29, 1.82) is 0 Å². The van der Waals surface area contributed by atoms with Crippen molar-refractivity contribution in [3.05, 3.63) is 29.7 Å². The van der Waals surface area contributed by atoms with Gasteiger partial charge in [-0.3, -0.25) is 4.79 Å². The highest BCUT2D eigenvalue weighted by molar-refractivity contribution is 6.01. The highest BCUT2D eigenvalue weighted by atomic mass is 19.1. The van der Waals surface area contributed by atoms with Crippen LogP contribution >= 0.6 is 0 Å². The maximum absolute atomic E-state index is 13.8. The number of hydrogen-bond donors (Lipinski definition) is 3. The molecule has 0 bridgehead atoms. The van der Waals surface area contributed by atoms with Gasteiger partial charge in [-0.2, -0.15) is 0 Å². The molecule has 1 amide bonds. The molecule has 0 radical (unpaired) electrons. The lowest BCUT2D eigenvalue weighted by atomic mass is 9.99. The lowest BCUT2D eigenvalue weighted by Crippen LogP contribution is -2.45. The molecule has 2 aromatic rings. The zero-order valence-corrected chi connectivity index (χ0v) is 13.1. The molecule has 0 aliphatic heterocycles. The van der Waals surface area contributed by atoms with Crippen molar-refractivity contribution < 1.29 is 23.8 Å². The van der Waals surface area contributed by atoms with Gasteiger partial charge in [0, 0.05) is 5.39 Å². The molecule has 23 heavy (non-hydrogen) atoms. The van der Waals surface area contributed by atoms with E-state index < -0.39 is 23.7 Å². The second-order valence-electron chi connectivity index (χ2n) is 5.40. The summed E-state index contributed by atoms with van der Waals surface area (Å²) in [5.41, 5.74) is 0.225. The highest BCUT2D eigenvalue weighted by Gasteiger charge is 2.26. The Hall–Kier alpha value is -2.57. The molecule has 2 rings (SSSR count). The maximum atomic E-state index is 13.8. The molecular formula is C16H19FN2O4. The fourth-order valence-corrected chi connectivity index (χ4v) is 2.36. The number of hydrogen-bond acceptors (Lipinski definition) is 3. The molecule has 0 unspecified atom stereocenters. The molecule has 0 fully saturated rings. The number of benzene rings is 1. The van der Waals surface area contributed by atoms with Crippen molar-refractivity contribution in [1.82, 2.24) is 10.3 Å². The van der Waals surface area contributed by atoms with Crippen LogP contribution in [0.1, 0.15) is 30.8 Å². The first-order valence-electron chi connectivity index (χ1n) is 7.27. The van der Waals surface area contributed by atoms with Gasteiger partial charge in [0.15, 0.2) is 0 Å². The first kappa shape index (κ1) is 16.8. The van der Waals surface area contributed by atoms with E-state index in [1.54, 1.807) is 6.92 Å². The third kappa shape index (κ3) is 3.28. The topological polar surface area (TPSA) is 91.4 Å². The zero-order valence-electron chi connectivity index (χ0n) is 13.1. The molecule has 6 nitrogen and oxygen atoms in total. The zero-order chi connectivity index (χ0) is 17.1. The Bertz CT molecular complexity index is 741. The molecule has 0 aliphatic carbocycles. The van der Waals surface area contributed by atoms with E-state index in [-0.39, 0.29) is 17.1 Å². The quantitative estimate of drug-likeness (QED) is 0.762. The molecule has 0 spiro atoms. The summed E-state index contributed by atoms with van der Waals surface area (Å²) in [6.07, 6.45) is 0.604. The minimum absolute atomic E-state index is 0.0814. The van der Waals surface area contributed by atoms with Gasteiger partial charge in [-0.05, 0) is 24.1 Å². The third-order valence-corrected chi connectivity index (χ3v) is 3.93. The number of rotatable bonds is 6.